The van der Waals surface area contributed by atoms with E-state index in [9.17, 15) is 13.2 Å². The molecule has 0 aliphatic rings. The molecule has 2 N–H and O–H groups in total. The lowest BCUT2D eigenvalue weighted by Crippen LogP contribution is -2.27. The van der Waals surface area contributed by atoms with Crippen molar-refractivity contribution in [3.05, 3.63) is 64.7 Å². The van der Waals surface area contributed by atoms with Gasteiger partial charge in [-0.25, -0.2) is 8.42 Å². The summed E-state index contributed by atoms with van der Waals surface area (Å²) in [5.41, 5.74) is 1.11. The first-order valence-corrected chi connectivity index (χ1v) is 10.1. The number of amides is 1. The second kappa shape index (κ2) is 9.56. The highest BCUT2D eigenvalue weighted by atomic mass is 35.5. The van der Waals surface area contributed by atoms with Crippen molar-refractivity contribution in [3.63, 3.8) is 0 Å². The first-order chi connectivity index (χ1) is 12.4. The Labute approximate surface area is 158 Å². The molecule has 0 aliphatic heterocycles. The number of methoxy groups -OCH3 is 1. The number of benzene rings is 2. The molecule has 0 aliphatic carbocycles. The van der Waals surface area contributed by atoms with Crippen LogP contribution in [0.5, 0.6) is 0 Å². The molecular formula is C18H21ClN2O4S. The summed E-state index contributed by atoms with van der Waals surface area (Å²) >= 11 is 5.81. The molecule has 0 saturated carbocycles. The van der Waals surface area contributed by atoms with Crippen LogP contribution in [0, 0.1) is 0 Å². The molecule has 0 atom stereocenters. The van der Waals surface area contributed by atoms with Crippen molar-refractivity contribution in [2.24, 2.45) is 0 Å². The summed E-state index contributed by atoms with van der Waals surface area (Å²) < 4.78 is 32.3. The number of carbonyl (C=O) groups is 1. The van der Waals surface area contributed by atoms with E-state index < -0.39 is 10.0 Å². The van der Waals surface area contributed by atoms with Gasteiger partial charge in [-0.1, -0.05) is 35.9 Å². The van der Waals surface area contributed by atoms with E-state index in [0.717, 1.165) is 0 Å². The van der Waals surface area contributed by atoms with Gasteiger partial charge in [-0.15, -0.1) is 0 Å². The molecule has 0 radical (unpaired) electrons. The molecule has 0 heterocycles. The minimum absolute atomic E-state index is 0.214. The zero-order valence-corrected chi connectivity index (χ0v) is 15.9. The second-order valence-corrected chi connectivity index (χ2v) is 7.79. The van der Waals surface area contributed by atoms with Gasteiger partial charge in [0.2, 0.25) is 10.0 Å². The topological polar surface area (TPSA) is 84.5 Å². The number of carbonyl (C=O) groups excluding carboxylic acids is 1. The highest BCUT2D eigenvalue weighted by Gasteiger charge is 2.17. The average molecular weight is 397 g/mol. The van der Waals surface area contributed by atoms with Crippen LogP contribution in [0.3, 0.4) is 0 Å². The summed E-state index contributed by atoms with van der Waals surface area (Å²) in [4.78, 5) is 12.3. The summed E-state index contributed by atoms with van der Waals surface area (Å²) in [5, 5.41) is 3.28. The number of hydrogen-bond donors (Lipinski definition) is 2. The van der Waals surface area contributed by atoms with Crippen LogP contribution in [0.4, 0.5) is 5.69 Å². The highest BCUT2D eigenvalue weighted by molar-refractivity contribution is 7.91. The van der Waals surface area contributed by atoms with Crippen LogP contribution < -0.4 is 10.0 Å². The minimum Gasteiger partial charge on any atom is -0.385 e. The maximum absolute atomic E-state index is 12.4. The van der Waals surface area contributed by atoms with Gasteiger partial charge in [0.25, 0.3) is 5.91 Å². The van der Waals surface area contributed by atoms with Crippen molar-refractivity contribution in [2.75, 3.05) is 25.0 Å². The molecule has 0 bridgehead atoms. The third-order valence-electron chi connectivity index (χ3n) is 3.52. The Morgan fingerprint density at radius 3 is 2.50 bits per heavy atom. The molecule has 6 nitrogen and oxygen atoms in total. The molecule has 0 unspecified atom stereocenters. The lowest BCUT2D eigenvalue weighted by molar-refractivity contribution is 0.0949. The van der Waals surface area contributed by atoms with Crippen molar-refractivity contribution >= 4 is 33.2 Å². The molecule has 2 rings (SSSR count). The van der Waals surface area contributed by atoms with Gasteiger partial charge < -0.3 is 10.1 Å². The van der Waals surface area contributed by atoms with Crippen molar-refractivity contribution < 1.29 is 17.9 Å². The molecule has 140 valence electrons. The normalized spacial score (nSPS) is 11.2. The Bertz CT molecular complexity index is 839. The van der Waals surface area contributed by atoms with E-state index in [-0.39, 0.29) is 22.9 Å². The summed E-state index contributed by atoms with van der Waals surface area (Å²) in [6, 6.07) is 13.0. The van der Waals surface area contributed by atoms with Gasteiger partial charge in [0.15, 0.2) is 0 Å². The number of rotatable bonds is 9. The molecule has 2 aromatic carbocycles. The first-order valence-electron chi connectivity index (χ1n) is 8.02. The fourth-order valence-corrected chi connectivity index (χ4v) is 3.63. The molecule has 0 saturated heterocycles. The van der Waals surface area contributed by atoms with Crippen LogP contribution >= 0.6 is 11.6 Å². The molecule has 0 spiro atoms. The molecule has 0 fully saturated rings. The average Bonchev–Trinajstić information content (AvgIpc) is 2.60. The second-order valence-electron chi connectivity index (χ2n) is 5.64. The van der Waals surface area contributed by atoms with Gasteiger partial charge in [-0.05, 0) is 36.2 Å². The summed E-state index contributed by atoms with van der Waals surface area (Å²) in [5.74, 6) is -0.556. The van der Waals surface area contributed by atoms with Crippen LogP contribution in [-0.4, -0.2) is 34.6 Å². The Morgan fingerprint density at radius 1 is 1.12 bits per heavy atom. The third kappa shape index (κ3) is 6.33. The minimum atomic E-state index is -3.68. The number of sulfonamides is 1. The van der Waals surface area contributed by atoms with Gasteiger partial charge in [0, 0.05) is 25.3 Å². The fraction of sp³-hybridized carbons (Fsp3) is 0.278. The van der Waals surface area contributed by atoms with Crippen LogP contribution in [-0.2, 0) is 20.5 Å². The maximum Gasteiger partial charge on any atom is 0.253 e. The Balaban J connectivity index is 2.08. The monoisotopic (exact) mass is 396 g/mol. The molecule has 0 aromatic heterocycles. The zero-order valence-electron chi connectivity index (χ0n) is 14.4. The van der Waals surface area contributed by atoms with Gasteiger partial charge in [0.1, 0.15) is 0 Å². The number of anilines is 1. The van der Waals surface area contributed by atoms with Crippen molar-refractivity contribution in [3.8, 4) is 0 Å². The number of hydrogen-bond acceptors (Lipinski definition) is 4. The number of nitrogens with one attached hydrogen (secondary N) is 2. The van der Waals surface area contributed by atoms with Crippen LogP contribution in [0.25, 0.3) is 0 Å². The number of para-hydroxylation sites is 1. The summed E-state index contributed by atoms with van der Waals surface area (Å²) in [6.45, 7) is 0.980. The van der Waals surface area contributed by atoms with Crippen molar-refractivity contribution in [2.45, 2.75) is 12.2 Å². The van der Waals surface area contributed by atoms with E-state index >= 15 is 0 Å². The zero-order chi connectivity index (χ0) is 19.0. The predicted octanol–water partition coefficient (Wildman–Crippen LogP) is 3.05. The van der Waals surface area contributed by atoms with E-state index in [0.29, 0.717) is 30.2 Å². The lowest BCUT2D eigenvalue weighted by atomic mass is 10.1. The molecule has 2 aromatic rings. The van der Waals surface area contributed by atoms with Crippen LogP contribution in [0.2, 0.25) is 5.02 Å². The molecule has 26 heavy (non-hydrogen) atoms. The third-order valence-corrected chi connectivity index (χ3v) is 5.01. The SMILES string of the molecule is COCCCNC(=O)c1ccccc1NS(=O)(=O)Cc1ccc(Cl)cc1. The highest BCUT2D eigenvalue weighted by Crippen LogP contribution is 2.19. The van der Waals surface area contributed by atoms with Gasteiger partial charge in [-0.2, -0.15) is 0 Å². The van der Waals surface area contributed by atoms with Gasteiger partial charge >= 0.3 is 0 Å². The molecular weight excluding hydrogens is 376 g/mol. The Morgan fingerprint density at radius 2 is 1.81 bits per heavy atom. The lowest BCUT2D eigenvalue weighted by Gasteiger charge is -2.13. The summed E-state index contributed by atoms with van der Waals surface area (Å²) in [7, 11) is -2.09. The van der Waals surface area contributed by atoms with Crippen molar-refractivity contribution in [1.82, 2.24) is 5.32 Å². The molecule has 8 heteroatoms. The Kier molecular flexibility index (Phi) is 7.44. The smallest absolute Gasteiger partial charge is 0.253 e. The van der Waals surface area contributed by atoms with E-state index in [4.69, 9.17) is 16.3 Å². The Hall–Kier alpha value is -2.09. The standard InChI is InChI=1S/C18H21ClN2O4S/c1-25-12-4-11-20-18(22)16-5-2-3-6-17(16)21-26(23,24)13-14-7-9-15(19)10-8-14/h2-3,5-10,21H,4,11-13H2,1H3,(H,20,22). The first kappa shape index (κ1) is 20.2. The van der Waals surface area contributed by atoms with Crippen LogP contribution in [0.15, 0.2) is 48.5 Å². The fourth-order valence-electron chi connectivity index (χ4n) is 2.29. The van der Waals surface area contributed by atoms with E-state index in [1.165, 1.54) is 0 Å². The summed E-state index contributed by atoms with van der Waals surface area (Å²) in [6.07, 6.45) is 0.673. The maximum atomic E-state index is 12.4. The van der Waals surface area contributed by atoms with Gasteiger partial charge in [0.05, 0.1) is 17.0 Å². The number of halogens is 1. The quantitative estimate of drug-likeness (QED) is 0.638. The number of ether oxygens (including phenoxy) is 1. The van der Waals surface area contributed by atoms with E-state index in [2.05, 4.69) is 10.0 Å². The molecule has 1 amide bonds. The van der Waals surface area contributed by atoms with Gasteiger partial charge in [-0.3, -0.25) is 9.52 Å². The van der Waals surface area contributed by atoms with E-state index in [1.807, 2.05) is 0 Å². The van der Waals surface area contributed by atoms with Crippen LogP contribution in [0.1, 0.15) is 22.3 Å². The van der Waals surface area contributed by atoms with Crippen molar-refractivity contribution in [1.29, 1.82) is 0 Å². The van der Waals surface area contributed by atoms with E-state index in [1.54, 1.807) is 55.6 Å². The predicted molar refractivity (Wildman–Crippen MR) is 103 cm³/mol. The largest absolute Gasteiger partial charge is 0.385 e.